The molecule has 126 valence electrons. The molecule has 0 aliphatic carbocycles. The maximum atomic E-state index is 9.69. The predicted molar refractivity (Wildman–Crippen MR) is 91.9 cm³/mol. The van der Waals surface area contributed by atoms with Gasteiger partial charge in [-0.25, -0.2) is 0 Å². The fraction of sp³-hybridized carbons (Fsp3) is 0.938. The monoisotopic (exact) mass is 300 g/mol. The molecule has 0 saturated heterocycles. The molecule has 5 heteroatoms. The Kier molecular flexibility index (Phi) is 16.4. The maximum absolute atomic E-state index is 9.69. The van der Waals surface area contributed by atoms with Gasteiger partial charge in [0, 0.05) is 19.8 Å². The molecule has 0 aliphatic rings. The molecule has 2 N–H and O–H groups in total. The minimum atomic E-state index is -0.898. The van der Waals surface area contributed by atoms with Gasteiger partial charge in [0.25, 0.3) is 0 Å². The van der Waals surface area contributed by atoms with E-state index >= 15 is 0 Å². The Bertz CT molecular complexity index is 279. The van der Waals surface area contributed by atoms with Crippen LogP contribution in [-0.4, -0.2) is 30.6 Å². The molecule has 0 rings (SSSR count). The normalized spacial score (nSPS) is 14.5. The molecule has 0 radical (unpaired) electrons. The zero-order valence-corrected chi connectivity index (χ0v) is 14.9. The summed E-state index contributed by atoms with van der Waals surface area (Å²) < 4.78 is 0. The molecule has 1 atom stereocenters. The molecule has 0 aliphatic heterocycles. The summed E-state index contributed by atoms with van der Waals surface area (Å²) >= 11 is 0. The summed E-state index contributed by atoms with van der Waals surface area (Å²) in [6.45, 7) is 8.36. The second kappa shape index (κ2) is 15.4. The van der Waals surface area contributed by atoms with Crippen molar-refractivity contribution >= 4 is 5.71 Å². The van der Waals surface area contributed by atoms with Crippen molar-refractivity contribution in [3.63, 3.8) is 0 Å². The number of hydrazone groups is 1. The number of nitrogens with zero attached hydrogens (tertiary/aromatic N) is 3. The first-order valence-electron chi connectivity index (χ1n) is 8.28. The number of nitrogens with one attached hydrogen (secondary N) is 1. The van der Waals surface area contributed by atoms with Crippen LogP contribution in [0, 0.1) is 0 Å². The Morgan fingerprint density at radius 2 is 1.71 bits per heavy atom. The molecule has 5 nitrogen and oxygen atoms in total. The van der Waals surface area contributed by atoms with Gasteiger partial charge in [-0.3, -0.25) is 0 Å². The van der Waals surface area contributed by atoms with E-state index in [1.807, 2.05) is 14.0 Å². The van der Waals surface area contributed by atoms with Gasteiger partial charge in [-0.05, 0) is 38.5 Å². The minimum absolute atomic E-state index is 0.643. The standard InChI is InChI=1S/C8H18N2O.C8H18N2/c1-4-6-7-8(11,5-2)10-9-3;1-4-6-7-8(5-2)10-9-3/h11H,4-7H2,1-3H3;9H,4-7H2,1-3H3/b10-9+;10-8+. The van der Waals surface area contributed by atoms with E-state index in [1.165, 1.54) is 18.6 Å². The lowest BCUT2D eigenvalue weighted by molar-refractivity contribution is 0.0270. The molecular formula is C16H36N4O. The van der Waals surface area contributed by atoms with Crippen LogP contribution in [0.1, 0.15) is 79.1 Å². The lowest BCUT2D eigenvalue weighted by Crippen LogP contribution is -2.23. The third-order valence-electron chi connectivity index (χ3n) is 3.28. The Morgan fingerprint density at radius 3 is 2.10 bits per heavy atom. The molecule has 1 unspecified atom stereocenters. The van der Waals surface area contributed by atoms with Crippen LogP contribution in [0.3, 0.4) is 0 Å². The Labute approximate surface area is 131 Å². The average Bonchev–Trinajstić information content (AvgIpc) is 2.50. The number of unbranched alkanes of at least 4 members (excludes halogenated alkanes) is 2. The molecule has 0 bridgehead atoms. The van der Waals surface area contributed by atoms with Crippen molar-refractivity contribution in [1.82, 2.24) is 5.43 Å². The number of aliphatic hydroxyl groups is 1. The summed E-state index contributed by atoms with van der Waals surface area (Å²) in [5.41, 5.74) is 3.20. The molecular weight excluding hydrogens is 264 g/mol. The van der Waals surface area contributed by atoms with E-state index in [4.69, 9.17) is 0 Å². The second-order valence-corrected chi connectivity index (χ2v) is 5.10. The SMILES string of the molecule is CCCC/C(CC)=N/NC.CCCCC(O)(CC)/N=N/C. The molecule has 21 heavy (non-hydrogen) atoms. The van der Waals surface area contributed by atoms with Crippen LogP contribution in [0.2, 0.25) is 0 Å². The predicted octanol–water partition coefficient (Wildman–Crippen LogP) is 4.52. The summed E-state index contributed by atoms with van der Waals surface area (Å²) in [5, 5.41) is 21.2. The van der Waals surface area contributed by atoms with Crippen LogP contribution < -0.4 is 5.43 Å². The van der Waals surface area contributed by atoms with E-state index in [9.17, 15) is 5.11 Å². The van der Waals surface area contributed by atoms with Crippen molar-refractivity contribution in [3.8, 4) is 0 Å². The van der Waals surface area contributed by atoms with Gasteiger partial charge in [-0.1, -0.05) is 40.5 Å². The van der Waals surface area contributed by atoms with Gasteiger partial charge in [-0.2, -0.15) is 15.3 Å². The lowest BCUT2D eigenvalue weighted by Gasteiger charge is -2.19. The summed E-state index contributed by atoms with van der Waals surface area (Å²) in [7, 11) is 3.44. The van der Waals surface area contributed by atoms with E-state index in [1.54, 1.807) is 7.05 Å². The number of azo groups is 1. The van der Waals surface area contributed by atoms with Gasteiger partial charge >= 0.3 is 0 Å². The van der Waals surface area contributed by atoms with E-state index in [0.717, 1.165) is 32.1 Å². The first-order valence-corrected chi connectivity index (χ1v) is 8.28. The number of hydrogen-bond donors (Lipinski definition) is 2. The summed E-state index contributed by atoms with van der Waals surface area (Å²) in [4.78, 5) is 0. The van der Waals surface area contributed by atoms with E-state index in [-0.39, 0.29) is 0 Å². The Balaban J connectivity index is 0. The van der Waals surface area contributed by atoms with E-state index in [0.29, 0.717) is 6.42 Å². The van der Waals surface area contributed by atoms with Gasteiger partial charge in [0.05, 0.1) is 0 Å². The summed E-state index contributed by atoms with van der Waals surface area (Å²) in [6.07, 6.45) is 8.18. The third-order valence-corrected chi connectivity index (χ3v) is 3.28. The third kappa shape index (κ3) is 13.8. The summed E-state index contributed by atoms with van der Waals surface area (Å²) in [6, 6.07) is 0. The molecule has 0 spiro atoms. The second-order valence-electron chi connectivity index (χ2n) is 5.10. The van der Waals surface area contributed by atoms with Gasteiger partial charge in [-0.15, -0.1) is 0 Å². The zero-order valence-electron chi connectivity index (χ0n) is 14.9. The van der Waals surface area contributed by atoms with Gasteiger partial charge in [0.2, 0.25) is 0 Å². The number of hydrogen-bond acceptors (Lipinski definition) is 5. The molecule has 0 amide bonds. The van der Waals surface area contributed by atoms with Crippen molar-refractivity contribution in [3.05, 3.63) is 0 Å². The first kappa shape index (κ1) is 22.3. The molecule has 0 heterocycles. The van der Waals surface area contributed by atoms with Crippen LogP contribution >= 0.6 is 0 Å². The largest absolute Gasteiger partial charge is 0.368 e. The molecule has 0 aromatic carbocycles. The van der Waals surface area contributed by atoms with Crippen molar-refractivity contribution < 1.29 is 5.11 Å². The van der Waals surface area contributed by atoms with Crippen LogP contribution in [0.5, 0.6) is 0 Å². The van der Waals surface area contributed by atoms with Crippen molar-refractivity contribution in [2.24, 2.45) is 15.3 Å². The topological polar surface area (TPSA) is 69.3 Å². The van der Waals surface area contributed by atoms with Crippen LogP contribution in [0.4, 0.5) is 0 Å². The Morgan fingerprint density at radius 1 is 1.10 bits per heavy atom. The van der Waals surface area contributed by atoms with E-state index < -0.39 is 5.72 Å². The molecule has 0 aromatic heterocycles. The Hall–Kier alpha value is -0.970. The molecule has 0 fully saturated rings. The van der Waals surface area contributed by atoms with Gasteiger partial charge < -0.3 is 10.5 Å². The summed E-state index contributed by atoms with van der Waals surface area (Å²) in [5.74, 6) is 0. The lowest BCUT2D eigenvalue weighted by atomic mass is 10.0. The zero-order chi connectivity index (χ0) is 16.6. The van der Waals surface area contributed by atoms with Gasteiger partial charge in [0.15, 0.2) is 5.72 Å². The van der Waals surface area contributed by atoms with Crippen molar-refractivity contribution in [2.45, 2.75) is 84.8 Å². The molecule has 0 saturated carbocycles. The maximum Gasteiger partial charge on any atom is 0.175 e. The highest BCUT2D eigenvalue weighted by atomic mass is 16.3. The van der Waals surface area contributed by atoms with Gasteiger partial charge in [0.1, 0.15) is 0 Å². The fourth-order valence-corrected chi connectivity index (χ4v) is 1.79. The first-order chi connectivity index (χ1) is 10.0. The highest BCUT2D eigenvalue weighted by Crippen LogP contribution is 2.19. The quantitative estimate of drug-likeness (QED) is 0.354. The van der Waals surface area contributed by atoms with Crippen LogP contribution in [0.25, 0.3) is 0 Å². The molecule has 0 aromatic rings. The smallest absolute Gasteiger partial charge is 0.175 e. The van der Waals surface area contributed by atoms with Crippen molar-refractivity contribution in [1.29, 1.82) is 0 Å². The number of rotatable bonds is 10. The van der Waals surface area contributed by atoms with Crippen LogP contribution in [0.15, 0.2) is 15.3 Å². The highest BCUT2D eigenvalue weighted by Gasteiger charge is 2.22. The fourth-order valence-electron chi connectivity index (χ4n) is 1.79. The van der Waals surface area contributed by atoms with Crippen molar-refractivity contribution in [2.75, 3.05) is 14.1 Å². The highest BCUT2D eigenvalue weighted by molar-refractivity contribution is 5.83. The van der Waals surface area contributed by atoms with Crippen LogP contribution in [-0.2, 0) is 0 Å². The average molecular weight is 300 g/mol. The van der Waals surface area contributed by atoms with E-state index in [2.05, 4.69) is 41.5 Å². The minimum Gasteiger partial charge on any atom is -0.368 e.